The molecule has 30 heavy (non-hydrogen) atoms. The van der Waals surface area contributed by atoms with Crippen molar-refractivity contribution < 1.29 is 13.7 Å². The maximum atomic E-state index is 13.0. The number of benzene rings is 2. The number of nitriles is 1. The van der Waals surface area contributed by atoms with Crippen molar-refractivity contribution in [1.82, 2.24) is 10.1 Å². The monoisotopic (exact) mass is 406 g/mol. The van der Waals surface area contributed by atoms with Crippen LogP contribution in [0.15, 0.2) is 47.0 Å². The third-order valence-electron chi connectivity index (χ3n) is 4.90. The van der Waals surface area contributed by atoms with Crippen molar-refractivity contribution in [3.05, 3.63) is 65.3 Å². The van der Waals surface area contributed by atoms with Gasteiger partial charge in [-0.1, -0.05) is 11.2 Å². The fraction of sp³-hybridized carbons (Fsp3) is 0.304. The van der Waals surface area contributed by atoms with Gasteiger partial charge < -0.3 is 9.42 Å². The molecule has 0 aliphatic rings. The standard InChI is InChI=1S/C23H23FN4O2/c1-16-7-12-20(15-17(16)2)28(14-4-13-25)22(29)6-3-5-21-26-23(27-30-21)18-8-10-19(24)11-9-18/h7-12,15H,3-6,14H2,1-2H3. The smallest absolute Gasteiger partial charge is 0.227 e. The number of nitrogens with zero attached hydrogens (tertiary/aromatic N) is 4. The Kier molecular flexibility index (Phi) is 6.91. The molecule has 1 aromatic heterocycles. The van der Waals surface area contributed by atoms with Gasteiger partial charge in [0.1, 0.15) is 5.82 Å². The van der Waals surface area contributed by atoms with Crippen LogP contribution in [0, 0.1) is 31.0 Å². The number of rotatable bonds is 8. The summed E-state index contributed by atoms with van der Waals surface area (Å²) in [5.74, 6) is 0.441. The van der Waals surface area contributed by atoms with Crippen LogP contribution < -0.4 is 4.90 Å². The molecule has 3 rings (SSSR count). The first-order valence-electron chi connectivity index (χ1n) is 9.81. The zero-order valence-corrected chi connectivity index (χ0v) is 17.1. The number of hydrogen-bond acceptors (Lipinski definition) is 5. The Morgan fingerprint density at radius 1 is 1.17 bits per heavy atom. The Labute approximate surface area is 174 Å². The van der Waals surface area contributed by atoms with Crippen LogP contribution in [-0.2, 0) is 11.2 Å². The number of carbonyl (C=O) groups excluding carboxylic acids is 1. The predicted octanol–water partition coefficient (Wildman–Crippen LogP) is 4.76. The number of aryl methyl sites for hydroxylation is 3. The van der Waals surface area contributed by atoms with Gasteiger partial charge in [-0.2, -0.15) is 10.2 Å². The summed E-state index contributed by atoms with van der Waals surface area (Å²) in [6, 6.07) is 13.8. The van der Waals surface area contributed by atoms with E-state index >= 15 is 0 Å². The Balaban J connectivity index is 1.61. The molecule has 0 unspecified atom stereocenters. The second kappa shape index (κ2) is 9.79. The van der Waals surface area contributed by atoms with E-state index in [9.17, 15) is 9.18 Å². The van der Waals surface area contributed by atoms with E-state index in [-0.39, 0.29) is 18.1 Å². The van der Waals surface area contributed by atoms with E-state index in [1.165, 1.54) is 12.1 Å². The van der Waals surface area contributed by atoms with Crippen LogP contribution in [0.1, 0.15) is 36.3 Å². The first kappa shape index (κ1) is 21.2. The van der Waals surface area contributed by atoms with Gasteiger partial charge in [0.15, 0.2) is 0 Å². The van der Waals surface area contributed by atoms with Crippen molar-refractivity contribution in [2.75, 3.05) is 11.4 Å². The number of aromatic nitrogens is 2. The maximum Gasteiger partial charge on any atom is 0.227 e. The van der Waals surface area contributed by atoms with Gasteiger partial charge in [-0.15, -0.1) is 0 Å². The van der Waals surface area contributed by atoms with Crippen LogP contribution in [0.2, 0.25) is 0 Å². The van der Waals surface area contributed by atoms with E-state index in [0.717, 1.165) is 16.8 Å². The van der Waals surface area contributed by atoms with Crippen molar-refractivity contribution in [2.45, 2.75) is 39.5 Å². The number of carbonyl (C=O) groups is 1. The van der Waals surface area contributed by atoms with Gasteiger partial charge in [0.25, 0.3) is 0 Å². The van der Waals surface area contributed by atoms with Crippen molar-refractivity contribution in [3.8, 4) is 17.5 Å². The molecule has 0 N–H and O–H groups in total. The lowest BCUT2D eigenvalue weighted by Crippen LogP contribution is -2.31. The molecule has 0 atom stereocenters. The van der Waals surface area contributed by atoms with Crippen molar-refractivity contribution in [1.29, 1.82) is 5.26 Å². The summed E-state index contributed by atoms with van der Waals surface area (Å²) >= 11 is 0. The fourth-order valence-electron chi connectivity index (χ4n) is 3.05. The molecule has 7 heteroatoms. The minimum Gasteiger partial charge on any atom is -0.339 e. The number of halogens is 1. The number of amides is 1. The largest absolute Gasteiger partial charge is 0.339 e. The van der Waals surface area contributed by atoms with Crippen LogP contribution in [0.3, 0.4) is 0 Å². The molecule has 0 radical (unpaired) electrons. The Morgan fingerprint density at radius 2 is 1.93 bits per heavy atom. The molecule has 154 valence electrons. The van der Waals surface area contributed by atoms with Gasteiger partial charge in [-0.3, -0.25) is 4.79 Å². The molecule has 0 saturated carbocycles. The second-order valence-corrected chi connectivity index (χ2v) is 7.09. The van der Waals surface area contributed by atoms with Crippen LogP contribution in [0.4, 0.5) is 10.1 Å². The number of hydrogen-bond donors (Lipinski definition) is 0. The zero-order chi connectivity index (χ0) is 21.5. The van der Waals surface area contributed by atoms with E-state index in [1.807, 2.05) is 32.0 Å². The van der Waals surface area contributed by atoms with Gasteiger partial charge in [-0.25, -0.2) is 4.39 Å². The SMILES string of the molecule is Cc1ccc(N(CCC#N)C(=O)CCCc2nc(-c3ccc(F)cc3)no2)cc1C. The molecule has 0 aliphatic carbocycles. The van der Waals surface area contributed by atoms with Crippen LogP contribution >= 0.6 is 0 Å². The number of anilines is 1. The van der Waals surface area contributed by atoms with E-state index in [2.05, 4.69) is 16.2 Å². The highest BCUT2D eigenvalue weighted by atomic mass is 19.1. The molecule has 1 heterocycles. The van der Waals surface area contributed by atoms with Crippen LogP contribution in [-0.4, -0.2) is 22.6 Å². The molecule has 0 aliphatic heterocycles. The van der Waals surface area contributed by atoms with Gasteiger partial charge in [0.2, 0.25) is 17.6 Å². The Hall–Kier alpha value is -3.53. The zero-order valence-electron chi connectivity index (χ0n) is 17.1. The van der Waals surface area contributed by atoms with Gasteiger partial charge >= 0.3 is 0 Å². The minimum atomic E-state index is -0.328. The van der Waals surface area contributed by atoms with Crippen molar-refractivity contribution in [2.24, 2.45) is 0 Å². The highest BCUT2D eigenvalue weighted by molar-refractivity contribution is 5.93. The normalized spacial score (nSPS) is 10.6. The second-order valence-electron chi connectivity index (χ2n) is 7.09. The predicted molar refractivity (Wildman–Crippen MR) is 111 cm³/mol. The first-order valence-corrected chi connectivity index (χ1v) is 9.81. The summed E-state index contributed by atoms with van der Waals surface area (Å²) in [4.78, 5) is 18.8. The van der Waals surface area contributed by atoms with Crippen LogP contribution in [0.25, 0.3) is 11.4 Å². The average Bonchev–Trinajstić information content (AvgIpc) is 3.20. The summed E-state index contributed by atoms with van der Waals surface area (Å²) in [5.41, 5.74) is 3.72. The lowest BCUT2D eigenvalue weighted by atomic mass is 10.1. The van der Waals surface area contributed by atoms with Gasteiger partial charge in [-0.05, 0) is 67.8 Å². The highest BCUT2D eigenvalue weighted by Crippen LogP contribution is 2.21. The van der Waals surface area contributed by atoms with E-state index < -0.39 is 0 Å². The lowest BCUT2D eigenvalue weighted by Gasteiger charge is -2.22. The van der Waals surface area contributed by atoms with Gasteiger partial charge in [0.05, 0.1) is 12.5 Å². The van der Waals surface area contributed by atoms with E-state index in [4.69, 9.17) is 9.78 Å². The summed E-state index contributed by atoms with van der Waals surface area (Å²) in [6.07, 6.45) is 1.56. The third-order valence-corrected chi connectivity index (χ3v) is 4.90. The molecule has 6 nitrogen and oxygen atoms in total. The van der Waals surface area contributed by atoms with Gasteiger partial charge in [0, 0.05) is 30.6 Å². The molecule has 0 spiro atoms. The Morgan fingerprint density at radius 3 is 2.63 bits per heavy atom. The Bertz CT molecular complexity index is 1050. The van der Waals surface area contributed by atoms with E-state index in [0.29, 0.717) is 43.1 Å². The third kappa shape index (κ3) is 5.29. The molecular weight excluding hydrogens is 383 g/mol. The molecule has 3 aromatic rings. The topological polar surface area (TPSA) is 83.0 Å². The summed E-state index contributed by atoms with van der Waals surface area (Å²) < 4.78 is 18.3. The molecule has 2 aromatic carbocycles. The maximum absolute atomic E-state index is 13.0. The van der Waals surface area contributed by atoms with Crippen LogP contribution in [0.5, 0.6) is 0 Å². The first-order chi connectivity index (χ1) is 14.5. The van der Waals surface area contributed by atoms with Crippen molar-refractivity contribution >= 4 is 11.6 Å². The molecule has 1 amide bonds. The summed E-state index contributed by atoms with van der Waals surface area (Å²) in [7, 11) is 0. The van der Waals surface area contributed by atoms with E-state index in [1.54, 1.807) is 17.0 Å². The molecule has 0 fully saturated rings. The summed E-state index contributed by atoms with van der Waals surface area (Å²) in [5, 5.41) is 12.9. The van der Waals surface area contributed by atoms with Crippen molar-refractivity contribution in [3.63, 3.8) is 0 Å². The average molecular weight is 406 g/mol. The molecule has 0 bridgehead atoms. The fourth-order valence-corrected chi connectivity index (χ4v) is 3.05. The highest BCUT2D eigenvalue weighted by Gasteiger charge is 2.17. The quantitative estimate of drug-likeness (QED) is 0.538. The summed E-state index contributed by atoms with van der Waals surface area (Å²) in [6.45, 7) is 4.37. The lowest BCUT2D eigenvalue weighted by molar-refractivity contribution is -0.118. The molecular formula is C23H23FN4O2. The minimum absolute atomic E-state index is 0.0493. The molecule has 0 saturated heterocycles.